The number of alkyl halides is 3. The van der Waals surface area contributed by atoms with Crippen molar-refractivity contribution in [2.45, 2.75) is 56.5 Å². The van der Waals surface area contributed by atoms with E-state index in [1.165, 1.54) is 4.90 Å². The Bertz CT molecular complexity index is 1390. The lowest BCUT2D eigenvalue weighted by molar-refractivity contribution is -0.142. The predicted octanol–water partition coefficient (Wildman–Crippen LogP) is 6.08. The Kier molecular flexibility index (Phi) is 7.88. The fourth-order valence-corrected chi connectivity index (χ4v) is 6.04. The third kappa shape index (κ3) is 5.98. The lowest BCUT2D eigenvalue weighted by Gasteiger charge is -2.45. The Hall–Kier alpha value is -4.15. The molecule has 2 heterocycles. The summed E-state index contributed by atoms with van der Waals surface area (Å²) in [7, 11) is 0. The van der Waals surface area contributed by atoms with Crippen molar-refractivity contribution in [2.75, 3.05) is 18.4 Å². The number of piperidine rings is 1. The lowest BCUT2D eigenvalue weighted by Crippen LogP contribution is -2.48. The number of rotatable bonds is 8. The van der Waals surface area contributed by atoms with E-state index in [4.69, 9.17) is 5.73 Å². The van der Waals surface area contributed by atoms with Crippen LogP contribution in [-0.4, -0.2) is 45.1 Å². The van der Waals surface area contributed by atoms with Crippen LogP contribution in [0.3, 0.4) is 0 Å². The minimum atomic E-state index is -4.72. The van der Waals surface area contributed by atoms with Gasteiger partial charge in [0.05, 0.1) is 16.7 Å². The molecule has 41 heavy (non-hydrogen) atoms. The first kappa shape index (κ1) is 28.4. The summed E-state index contributed by atoms with van der Waals surface area (Å²) in [6, 6.07) is 16.5. The largest absolute Gasteiger partial charge is 0.465 e. The molecule has 0 bridgehead atoms. The molecule has 11 heteroatoms. The van der Waals surface area contributed by atoms with Crippen molar-refractivity contribution in [3.8, 4) is 0 Å². The standard InChI is InChI=1S/C30H32F3N5O3/c31-30(32,33)24-18-35-27(36-22-9-7-20(8-10-22)21-11-15-38(16-12-21)28(40)41)37-25(24)23(17-19-5-2-1-3-6-19)29(26(34)39)13-4-14-29/h1-3,5-10,18,21,23H,4,11-17H2,(H2,34,39)(H,40,41)(H,35,36,37). The van der Waals surface area contributed by atoms with Gasteiger partial charge in [0.25, 0.3) is 0 Å². The van der Waals surface area contributed by atoms with Gasteiger partial charge >= 0.3 is 12.3 Å². The molecular formula is C30H32F3N5O3. The number of benzene rings is 2. The van der Waals surface area contributed by atoms with E-state index in [2.05, 4.69) is 15.3 Å². The third-order valence-electron chi connectivity index (χ3n) is 8.54. The van der Waals surface area contributed by atoms with Crippen LogP contribution in [0.15, 0.2) is 60.8 Å². The van der Waals surface area contributed by atoms with Crippen LogP contribution in [0.1, 0.15) is 66.3 Å². The molecule has 0 radical (unpaired) electrons. The van der Waals surface area contributed by atoms with E-state index in [1.807, 2.05) is 30.3 Å². The average Bonchev–Trinajstić information content (AvgIpc) is 2.92. The number of halogens is 3. The van der Waals surface area contributed by atoms with E-state index >= 15 is 0 Å². The zero-order chi connectivity index (χ0) is 29.2. The molecule has 1 aliphatic carbocycles. The third-order valence-corrected chi connectivity index (χ3v) is 8.54. The van der Waals surface area contributed by atoms with Crippen molar-refractivity contribution in [2.24, 2.45) is 11.1 Å². The Morgan fingerprint density at radius 1 is 1.07 bits per heavy atom. The number of nitrogens with one attached hydrogen (secondary N) is 1. The summed E-state index contributed by atoms with van der Waals surface area (Å²) >= 11 is 0. The zero-order valence-electron chi connectivity index (χ0n) is 22.4. The molecule has 1 aromatic heterocycles. The van der Waals surface area contributed by atoms with Crippen LogP contribution in [0.5, 0.6) is 0 Å². The molecule has 8 nitrogen and oxygen atoms in total. The van der Waals surface area contributed by atoms with Gasteiger partial charge in [0.15, 0.2) is 0 Å². The van der Waals surface area contributed by atoms with Crippen molar-refractivity contribution in [1.82, 2.24) is 14.9 Å². The quantitative estimate of drug-likeness (QED) is 0.303. The smallest absolute Gasteiger partial charge is 0.419 e. The lowest BCUT2D eigenvalue weighted by atomic mass is 9.58. The number of carboxylic acid groups (broad SMARTS) is 1. The van der Waals surface area contributed by atoms with Gasteiger partial charge in [-0.2, -0.15) is 13.2 Å². The van der Waals surface area contributed by atoms with Crippen LogP contribution in [0.25, 0.3) is 0 Å². The Balaban J connectivity index is 1.44. The predicted molar refractivity (Wildman–Crippen MR) is 147 cm³/mol. The monoisotopic (exact) mass is 567 g/mol. The highest BCUT2D eigenvalue weighted by Crippen LogP contribution is 2.54. The van der Waals surface area contributed by atoms with E-state index in [1.54, 1.807) is 24.3 Å². The summed E-state index contributed by atoms with van der Waals surface area (Å²) < 4.78 is 42.8. The van der Waals surface area contributed by atoms with E-state index in [9.17, 15) is 27.9 Å². The number of likely N-dealkylation sites (tertiary alicyclic amines) is 1. The molecule has 2 aliphatic rings. The van der Waals surface area contributed by atoms with Crippen LogP contribution in [0, 0.1) is 5.41 Å². The Morgan fingerprint density at radius 3 is 2.27 bits per heavy atom. The van der Waals surface area contributed by atoms with Crippen LogP contribution in [0.2, 0.25) is 0 Å². The average molecular weight is 568 g/mol. The number of hydrogen-bond donors (Lipinski definition) is 3. The molecule has 1 aliphatic heterocycles. The summed E-state index contributed by atoms with van der Waals surface area (Å²) in [4.78, 5) is 33.7. The number of nitrogens with two attached hydrogens (primary N) is 1. The number of hydrogen-bond acceptors (Lipinski definition) is 5. The second-order valence-electron chi connectivity index (χ2n) is 10.9. The molecule has 1 saturated carbocycles. The number of primary amides is 1. The fourth-order valence-electron chi connectivity index (χ4n) is 6.04. The SMILES string of the molecule is NC(=O)C1(C(Cc2ccccc2)c2nc(Nc3ccc(C4CCN(C(=O)O)CC4)cc3)ncc2C(F)(F)F)CCC1. The van der Waals surface area contributed by atoms with Crippen molar-refractivity contribution in [3.63, 3.8) is 0 Å². The molecule has 4 N–H and O–H groups in total. The van der Waals surface area contributed by atoms with Gasteiger partial charge in [-0.3, -0.25) is 4.79 Å². The maximum absolute atomic E-state index is 14.3. The molecule has 1 saturated heterocycles. The maximum atomic E-state index is 14.3. The van der Waals surface area contributed by atoms with Crippen molar-refractivity contribution in [1.29, 1.82) is 0 Å². The zero-order valence-corrected chi connectivity index (χ0v) is 22.4. The number of aromatic nitrogens is 2. The summed E-state index contributed by atoms with van der Waals surface area (Å²) in [6.07, 6.45) is -1.74. The Morgan fingerprint density at radius 2 is 1.73 bits per heavy atom. The first-order valence-corrected chi connectivity index (χ1v) is 13.7. The van der Waals surface area contributed by atoms with Crippen LogP contribution >= 0.6 is 0 Å². The maximum Gasteiger partial charge on any atom is 0.419 e. The summed E-state index contributed by atoms with van der Waals surface area (Å²) in [5.41, 5.74) is 5.94. The van der Waals surface area contributed by atoms with Gasteiger partial charge in [-0.15, -0.1) is 0 Å². The highest BCUT2D eigenvalue weighted by molar-refractivity contribution is 5.83. The Labute approximate surface area is 235 Å². The van der Waals surface area contributed by atoms with Gasteiger partial charge in [-0.25, -0.2) is 14.8 Å². The minimum absolute atomic E-state index is 0.00692. The highest BCUT2D eigenvalue weighted by atomic mass is 19.4. The molecule has 216 valence electrons. The summed E-state index contributed by atoms with van der Waals surface area (Å²) in [5.74, 6) is -1.28. The normalized spacial score (nSPS) is 17.9. The molecule has 2 amide bonds. The van der Waals surface area contributed by atoms with Crippen LogP contribution in [0.4, 0.5) is 29.6 Å². The van der Waals surface area contributed by atoms with Crippen molar-refractivity contribution in [3.05, 3.63) is 83.2 Å². The van der Waals surface area contributed by atoms with Gasteiger partial charge < -0.3 is 21.1 Å². The van der Waals surface area contributed by atoms with Gasteiger partial charge in [0.2, 0.25) is 11.9 Å². The second-order valence-corrected chi connectivity index (χ2v) is 10.9. The number of carbonyl (C=O) groups is 2. The molecule has 1 unspecified atom stereocenters. The van der Waals surface area contributed by atoms with Gasteiger partial charge in [0, 0.05) is 30.9 Å². The topological polar surface area (TPSA) is 121 Å². The van der Waals surface area contributed by atoms with E-state index in [-0.39, 0.29) is 24.0 Å². The molecule has 5 rings (SSSR count). The van der Waals surface area contributed by atoms with E-state index < -0.39 is 35.1 Å². The van der Waals surface area contributed by atoms with Crippen molar-refractivity contribution < 1.29 is 27.9 Å². The van der Waals surface area contributed by atoms with Gasteiger partial charge in [-0.1, -0.05) is 48.9 Å². The minimum Gasteiger partial charge on any atom is -0.465 e. The molecule has 3 aromatic rings. The van der Waals surface area contributed by atoms with E-state index in [0.29, 0.717) is 38.0 Å². The van der Waals surface area contributed by atoms with Crippen molar-refractivity contribution >= 4 is 23.6 Å². The molecule has 2 fully saturated rings. The number of anilines is 2. The number of amides is 2. The number of carbonyl (C=O) groups excluding carboxylic acids is 1. The molecule has 0 spiro atoms. The first-order valence-electron chi connectivity index (χ1n) is 13.7. The summed E-state index contributed by atoms with van der Waals surface area (Å²) in [6.45, 7) is 0.943. The number of nitrogens with zero attached hydrogens (tertiary/aromatic N) is 3. The second kappa shape index (κ2) is 11.4. The highest BCUT2D eigenvalue weighted by Gasteiger charge is 2.52. The van der Waals surface area contributed by atoms with E-state index in [0.717, 1.165) is 30.2 Å². The molecule has 1 atom stereocenters. The van der Waals surface area contributed by atoms with Gasteiger partial charge in [0.1, 0.15) is 0 Å². The van der Waals surface area contributed by atoms with Gasteiger partial charge in [-0.05, 0) is 61.3 Å². The fraction of sp³-hybridized carbons (Fsp3) is 0.400. The first-order chi connectivity index (χ1) is 19.6. The van der Waals surface area contributed by atoms with Crippen LogP contribution < -0.4 is 11.1 Å². The summed E-state index contributed by atoms with van der Waals surface area (Å²) in [5, 5.41) is 12.2. The van der Waals surface area contributed by atoms with Crippen LogP contribution in [-0.2, 0) is 17.4 Å². The molecule has 2 aromatic carbocycles. The molecular weight excluding hydrogens is 535 g/mol.